The smallest absolute Gasteiger partial charge is 0.236 e. The number of carbonyl (C=O) groups excluding carboxylic acids is 1. The first kappa shape index (κ1) is 11.2. The lowest BCUT2D eigenvalue weighted by molar-refractivity contribution is -0.116. The molecule has 0 saturated carbocycles. The van der Waals surface area contributed by atoms with E-state index in [0.29, 0.717) is 15.9 Å². The zero-order chi connectivity index (χ0) is 11.4. The minimum atomic E-state index is -0.0447. The molecule has 1 aromatic carbocycles. The van der Waals surface area contributed by atoms with E-state index in [1.54, 1.807) is 12.3 Å². The lowest BCUT2D eigenvalue weighted by atomic mass is 10.2. The SMILES string of the molecule is O=C1CSC(=N/N=C\c2ccccc2Cl)N1. The Kier molecular flexibility index (Phi) is 3.58. The van der Waals surface area contributed by atoms with Crippen LogP contribution in [-0.4, -0.2) is 23.0 Å². The zero-order valence-electron chi connectivity index (χ0n) is 8.18. The van der Waals surface area contributed by atoms with Gasteiger partial charge in [0.25, 0.3) is 0 Å². The summed E-state index contributed by atoms with van der Waals surface area (Å²) >= 11 is 7.26. The molecule has 0 spiro atoms. The van der Waals surface area contributed by atoms with Crippen molar-refractivity contribution in [2.24, 2.45) is 10.2 Å². The van der Waals surface area contributed by atoms with Crippen molar-refractivity contribution < 1.29 is 4.79 Å². The monoisotopic (exact) mass is 253 g/mol. The van der Waals surface area contributed by atoms with E-state index in [1.165, 1.54) is 11.8 Å². The summed E-state index contributed by atoms with van der Waals surface area (Å²) in [4.78, 5) is 10.9. The number of hydrogen-bond donors (Lipinski definition) is 1. The molecule has 2 rings (SSSR count). The van der Waals surface area contributed by atoms with Crippen LogP contribution in [0.25, 0.3) is 0 Å². The molecule has 0 radical (unpaired) electrons. The highest BCUT2D eigenvalue weighted by Crippen LogP contribution is 2.13. The van der Waals surface area contributed by atoms with Crippen molar-refractivity contribution in [3.05, 3.63) is 34.9 Å². The van der Waals surface area contributed by atoms with Crippen LogP contribution in [0, 0.1) is 0 Å². The van der Waals surface area contributed by atoms with Crippen molar-refractivity contribution in [1.82, 2.24) is 5.32 Å². The van der Waals surface area contributed by atoms with E-state index in [2.05, 4.69) is 15.5 Å². The Bertz CT molecular complexity index is 473. The van der Waals surface area contributed by atoms with Gasteiger partial charge in [-0.1, -0.05) is 41.6 Å². The number of benzene rings is 1. The van der Waals surface area contributed by atoms with Crippen molar-refractivity contribution >= 4 is 40.7 Å². The fourth-order valence-corrected chi connectivity index (χ4v) is 1.92. The quantitative estimate of drug-likeness (QED) is 0.646. The van der Waals surface area contributed by atoms with Gasteiger partial charge in [-0.15, -0.1) is 5.10 Å². The second kappa shape index (κ2) is 5.14. The molecule has 6 heteroatoms. The molecule has 1 saturated heterocycles. The zero-order valence-corrected chi connectivity index (χ0v) is 9.76. The lowest BCUT2D eigenvalue weighted by Crippen LogP contribution is -2.19. The molecular weight excluding hydrogens is 246 g/mol. The number of halogens is 1. The van der Waals surface area contributed by atoms with Crippen LogP contribution in [0.4, 0.5) is 0 Å². The lowest BCUT2D eigenvalue weighted by Gasteiger charge is -1.94. The Hall–Kier alpha value is -1.33. The van der Waals surface area contributed by atoms with Crippen LogP contribution < -0.4 is 5.32 Å². The predicted octanol–water partition coefficient (Wildman–Crippen LogP) is 1.89. The highest BCUT2D eigenvalue weighted by atomic mass is 35.5. The van der Waals surface area contributed by atoms with Gasteiger partial charge in [-0.2, -0.15) is 5.10 Å². The molecule has 1 amide bonds. The number of rotatable bonds is 2. The normalized spacial score (nSPS) is 18.3. The maximum atomic E-state index is 10.9. The Morgan fingerprint density at radius 2 is 2.25 bits per heavy atom. The molecule has 0 aromatic heterocycles. The highest BCUT2D eigenvalue weighted by molar-refractivity contribution is 8.15. The summed E-state index contributed by atoms with van der Waals surface area (Å²) in [5.74, 6) is 0.358. The van der Waals surface area contributed by atoms with Crippen LogP contribution in [0.3, 0.4) is 0 Å². The third-order valence-electron chi connectivity index (χ3n) is 1.84. The summed E-state index contributed by atoms with van der Waals surface area (Å²) in [6, 6.07) is 7.33. The molecule has 1 aliphatic rings. The van der Waals surface area contributed by atoms with Gasteiger partial charge in [0.15, 0.2) is 5.17 Å². The molecule has 16 heavy (non-hydrogen) atoms. The van der Waals surface area contributed by atoms with Gasteiger partial charge in [0.2, 0.25) is 5.91 Å². The Labute approximate surface area is 102 Å². The Balaban J connectivity index is 2.05. The Morgan fingerprint density at radius 3 is 2.94 bits per heavy atom. The van der Waals surface area contributed by atoms with Gasteiger partial charge in [0, 0.05) is 10.6 Å². The van der Waals surface area contributed by atoms with Gasteiger partial charge in [0.05, 0.1) is 12.0 Å². The summed E-state index contributed by atoms with van der Waals surface area (Å²) in [5, 5.41) is 11.5. The van der Waals surface area contributed by atoms with Gasteiger partial charge in [-0.3, -0.25) is 4.79 Å². The molecule has 0 atom stereocenters. The molecule has 4 nitrogen and oxygen atoms in total. The van der Waals surface area contributed by atoms with Gasteiger partial charge in [-0.05, 0) is 6.07 Å². The second-order valence-corrected chi connectivity index (χ2v) is 4.38. The van der Waals surface area contributed by atoms with E-state index in [0.717, 1.165) is 5.56 Å². The van der Waals surface area contributed by atoms with Crippen molar-refractivity contribution in [3.8, 4) is 0 Å². The van der Waals surface area contributed by atoms with Crippen molar-refractivity contribution in [1.29, 1.82) is 0 Å². The third-order valence-corrected chi connectivity index (χ3v) is 3.04. The molecule has 0 unspecified atom stereocenters. The van der Waals surface area contributed by atoms with Gasteiger partial charge in [-0.25, -0.2) is 0 Å². The number of hydrogen-bond acceptors (Lipinski definition) is 4. The molecule has 1 heterocycles. The molecule has 0 bridgehead atoms. The van der Waals surface area contributed by atoms with E-state index in [4.69, 9.17) is 11.6 Å². The molecular formula is C10H8ClN3OS. The fourth-order valence-electron chi connectivity index (χ4n) is 1.10. The molecule has 1 N–H and O–H groups in total. The maximum Gasteiger partial charge on any atom is 0.236 e. The van der Waals surface area contributed by atoms with E-state index in [9.17, 15) is 4.79 Å². The predicted molar refractivity (Wildman–Crippen MR) is 67.1 cm³/mol. The number of thioether (sulfide) groups is 1. The molecule has 1 aliphatic heterocycles. The molecule has 82 valence electrons. The van der Waals surface area contributed by atoms with Gasteiger partial charge < -0.3 is 5.32 Å². The third kappa shape index (κ3) is 2.84. The fraction of sp³-hybridized carbons (Fsp3) is 0.100. The van der Waals surface area contributed by atoms with Gasteiger partial charge in [0.1, 0.15) is 0 Å². The Morgan fingerprint density at radius 1 is 1.44 bits per heavy atom. The highest BCUT2D eigenvalue weighted by Gasteiger charge is 2.15. The van der Waals surface area contributed by atoms with Crippen molar-refractivity contribution in [3.63, 3.8) is 0 Å². The van der Waals surface area contributed by atoms with Crippen LogP contribution in [0.5, 0.6) is 0 Å². The number of carbonyl (C=O) groups is 1. The average molecular weight is 254 g/mol. The standard InChI is InChI=1S/C10H8ClN3OS/c11-8-4-2-1-3-7(8)5-12-14-10-13-9(15)6-16-10/h1-5H,6H2,(H,13,14,15)/b12-5-. The molecule has 0 aliphatic carbocycles. The molecule has 1 aromatic rings. The maximum absolute atomic E-state index is 10.9. The van der Waals surface area contributed by atoms with Crippen LogP contribution in [0.1, 0.15) is 5.56 Å². The van der Waals surface area contributed by atoms with Crippen LogP contribution in [-0.2, 0) is 4.79 Å². The topological polar surface area (TPSA) is 53.8 Å². The van der Waals surface area contributed by atoms with Crippen LogP contribution >= 0.6 is 23.4 Å². The average Bonchev–Trinajstić information content (AvgIpc) is 2.67. The first-order chi connectivity index (χ1) is 7.75. The minimum absolute atomic E-state index is 0.0447. The van der Waals surface area contributed by atoms with E-state index < -0.39 is 0 Å². The first-order valence-corrected chi connectivity index (χ1v) is 5.90. The van der Waals surface area contributed by atoms with Crippen LogP contribution in [0.15, 0.2) is 34.5 Å². The van der Waals surface area contributed by atoms with Crippen molar-refractivity contribution in [2.45, 2.75) is 0 Å². The summed E-state index contributed by atoms with van der Waals surface area (Å²) in [6.07, 6.45) is 1.56. The van der Waals surface area contributed by atoms with Crippen LogP contribution in [0.2, 0.25) is 5.02 Å². The number of amides is 1. The molecule has 1 fully saturated rings. The van der Waals surface area contributed by atoms with E-state index in [-0.39, 0.29) is 5.91 Å². The van der Waals surface area contributed by atoms with E-state index >= 15 is 0 Å². The number of amidine groups is 1. The van der Waals surface area contributed by atoms with Crippen molar-refractivity contribution in [2.75, 3.05) is 5.75 Å². The largest absolute Gasteiger partial charge is 0.303 e. The summed E-state index contributed by atoms with van der Waals surface area (Å²) in [7, 11) is 0. The second-order valence-electron chi connectivity index (χ2n) is 3.01. The number of nitrogens with one attached hydrogen (secondary N) is 1. The van der Waals surface area contributed by atoms with Gasteiger partial charge >= 0.3 is 0 Å². The summed E-state index contributed by atoms with van der Waals surface area (Å²) < 4.78 is 0. The minimum Gasteiger partial charge on any atom is -0.303 e. The first-order valence-electron chi connectivity index (χ1n) is 4.54. The summed E-state index contributed by atoms with van der Waals surface area (Å²) in [6.45, 7) is 0. The number of nitrogens with zero attached hydrogens (tertiary/aromatic N) is 2. The van der Waals surface area contributed by atoms with E-state index in [1.807, 2.05) is 18.2 Å². The summed E-state index contributed by atoms with van der Waals surface area (Å²) in [5.41, 5.74) is 0.794.